The number of hydrogen-bond acceptors (Lipinski definition) is 4. The molecule has 0 bridgehead atoms. The maximum Gasteiger partial charge on any atom is 0.245 e. The number of aliphatic hydroxyl groups is 1. The van der Waals surface area contributed by atoms with Crippen LogP contribution in [0, 0.1) is 0 Å². The molecule has 0 aliphatic rings. The molecule has 18 heavy (non-hydrogen) atoms. The van der Waals surface area contributed by atoms with Gasteiger partial charge in [-0.15, -0.1) is 0 Å². The minimum absolute atomic E-state index is 0.0440. The largest absolute Gasteiger partial charge is 0.399 e. The molecular weight excluding hydrogens is 299 g/mol. The van der Waals surface area contributed by atoms with Crippen molar-refractivity contribution in [3.8, 4) is 0 Å². The van der Waals surface area contributed by atoms with E-state index in [9.17, 15) is 13.5 Å². The third-order valence-electron chi connectivity index (χ3n) is 2.21. The van der Waals surface area contributed by atoms with Gasteiger partial charge in [-0.25, -0.2) is 8.42 Å². The highest BCUT2D eigenvalue weighted by Crippen LogP contribution is 2.33. The first-order valence-electron chi connectivity index (χ1n) is 5.05. The van der Waals surface area contributed by atoms with Crippen LogP contribution >= 0.6 is 23.2 Å². The molecule has 1 aromatic carbocycles. The lowest BCUT2D eigenvalue weighted by Gasteiger charge is -2.20. The molecule has 3 N–H and O–H groups in total. The predicted octanol–water partition coefficient (Wildman–Crippen LogP) is 1.58. The summed E-state index contributed by atoms with van der Waals surface area (Å²) < 4.78 is 25.4. The number of sulfonamides is 1. The predicted molar refractivity (Wildman–Crippen MR) is 72.4 cm³/mol. The monoisotopic (exact) mass is 312 g/mol. The molecule has 0 saturated heterocycles. The minimum atomic E-state index is -3.86. The average Bonchev–Trinajstić information content (AvgIpc) is 2.13. The lowest BCUT2D eigenvalue weighted by atomic mass is 10.3. The minimum Gasteiger partial charge on any atom is -0.399 e. The summed E-state index contributed by atoms with van der Waals surface area (Å²) in [6.07, 6.45) is -0.795. The number of nitrogens with two attached hydrogens (primary N) is 1. The second-order valence-corrected chi connectivity index (χ2v) is 6.74. The highest BCUT2D eigenvalue weighted by atomic mass is 35.5. The van der Waals surface area contributed by atoms with E-state index in [0.29, 0.717) is 0 Å². The molecule has 0 radical (unpaired) electrons. The molecule has 8 heteroatoms. The van der Waals surface area contributed by atoms with Gasteiger partial charge in [0.1, 0.15) is 4.90 Å². The maximum absolute atomic E-state index is 12.2. The Hall–Kier alpha value is -0.530. The topological polar surface area (TPSA) is 83.6 Å². The Bertz CT molecular complexity index is 523. The highest BCUT2D eigenvalue weighted by Gasteiger charge is 2.27. The SMILES string of the molecule is CC(O)CN(C)S(=O)(=O)c1c(Cl)cc(N)cc1Cl. The Morgan fingerprint density at radius 3 is 2.22 bits per heavy atom. The summed E-state index contributed by atoms with van der Waals surface area (Å²) in [5.74, 6) is 0. The second kappa shape index (κ2) is 5.63. The third-order valence-corrected chi connectivity index (χ3v) is 4.96. The molecule has 0 aliphatic heterocycles. The van der Waals surface area contributed by atoms with E-state index in [1.807, 2.05) is 0 Å². The van der Waals surface area contributed by atoms with Crippen LogP contribution in [-0.4, -0.2) is 37.5 Å². The van der Waals surface area contributed by atoms with Gasteiger partial charge in [-0.1, -0.05) is 23.2 Å². The Morgan fingerprint density at radius 2 is 1.83 bits per heavy atom. The van der Waals surface area contributed by atoms with Crippen molar-refractivity contribution in [3.05, 3.63) is 22.2 Å². The van der Waals surface area contributed by atoms with Crippen molar-refractivity contribution in [2.45, 2.75) is 17.9 Å². The molecule has 0 spiro atoms. The van der Waals surface area contributed by atoms with E-state index in [2.05, 4.69) is 0 Å². The molecule has 0 aliphatic carbocycles. The van der Waals surface area contributed by atoms with Crippen molar-refractivity contribution in [3.63, 3.8) is 0 Å². The second-order valence-electron chi connectivity index (χ2n) is 3.95. The van der Waals surface area contributed by atoms with Gasteiger partial charge in [-0.05, 0) is 19.1 Å². The van der Waals surface area contributed by atoms with Gasteiger partial charge in [-0.2, -0.15) is 4.31 Å². The standard InChI is InChI=1S/C10H14Cl2N2O3S/c1-6(15)5-14(2)18(16,17)10-8(11)3-7(13)4-9(10)12/h3-4,6,15H,5,13H2,1-2H3. The maximum atomic E-state index is 12.2. The van der Waals surface area contributed by atoms with Gasteiger partial charge in [0.05, 0.1) is 16.1 Å². The normalized spacial score (nSPS) is 13.9. The van der Waals surface area contributed by atoms with Gasteiger partial charge in [0.25, 0.3) is 0 Å². The molecule has 0 fully saturated rings. The average molecular weight is 313 g/mol. The lowest BCUT2D eigenvalue weighted by Crippen LogP contribution is -2.33. The summed E-state index contributed by atoms with van der Waals surface area (Å²) in [6, 6.07) is 2.63. The molecule has 5 nitrogen and oxygen atoms in total. The van der Waals surface area contributed by atoms with E-state index in [1.165, 1.54) is 26.1 Å². The van der Waals surface area contributed by atoms with Crippen LogP contribution in [0.4, 0.5) is 5.69 Å². The highest BCUT2D eigenvalue weighted by molar-refractivity contribution is 7.89. The summed E-state index contributed by atoms with van der Waals surface area (Å²) in [5.41, 5.74) is 5.79. The molecule has 1 aromatic rings. The van der Waals surface area contributed by atoms with Crippen LogP contribution in [0.3, 0.4) is 0 Å². The number of nitrogens with zero attached hydrogens (tertiary/aromatic N) is 1. The Morgan fingerprint density at radius 1 is 1.39 bits per heavy atom. The number of aliphatic hydroxyl groups excluding tert-OH is 1. The number of nitrogen functional groups attached to an aromatic ring is 1. The molecule has 0 saturated carbocycles. The molecule has 0 aromatic heterocycles. The quantitative estimate of drug-likeness (QED) is 0.827. The van der Waals surface area contributed by atoms with Crippen LogP contribution in [0.25, 0.3) is 0 Å². The summed E-state index contributed by atoms with van der Waals surface area (Å²) >= 11 is 11.7. The van der Waals surface area contributed by atoms with E-state index in [1.54, 1.807) is 0 Å². The zero-order valence-corrected chi connectivity index (χ0v) is 12.2. The zero-order chi connectivity index (χ0) is 14.1. The van der Waals surface area contributed by atoms with Crippen LogP contribution in [0.15, 0.2) is 17.0 Å². The van der Waals surface area contributed by atoms with Gasteiger partial charge in [0.15, 0.2) is 0 Å². The third kappa shape index (κ3) is 3.27. The van der Waals surface area contributed by atoms with Crippen molar-refractivity contribution in [2.75, 3.05) is 19.3 Å². The van der Waals surface area contributed by atoms with Gasteiger partial charge >= 0.3 is 0 Å². The number of rotatable bonds is 4. The summed E-state index contributed by atoms with van der Waals surface area (Å²) in [4.78, 5) is -0.205. The van der Waals surface area contributed by atoms with Gasteiger partial charge in [-0.3, -0.25) is 0 Å². The fourth-order valence-corrected chi connectivity index (χ4v) is 3.88. The molecule has 0 amide bonds. The van der Waals surface area contributed by atoms with Crippen molar-refractivity contribution in [2.24, 2.45) is 0 Å². The van der Waals surface area contributed by atoms with Crippen molar-refractivity contribution >= 4 is 38.9 Å². The van der Waals surface area contributed by atoms with Crippen LogP contribution < -0.4 is 5.73 Å². The van der Waals surface area contributed by atoms with Gasteiger partial charge in [0, 0.05) is 19.3 Å². The van der Waals surface area contributed by atoms with Crippen molar-refractivity contribution < 1.29 is 13.5 Å². The smallest absolute Gasteiger partial charge is 0.245 e. The summed E-state index contributed by atoms with van der Waals surface area (Å²) in [6.45, 7) is 1.43. The van der Waals surface area contributed by atoms with E-state index >= 15 is 0 Å². The van der Waals surface area contributed by atoms with Gasteiger partial charge < -0.3 is 10.8 Å². The Balaban J connectivity index is 3.29. The lowest BCUT2D eigenvalue weighted by molar-refractivity contribution is 0.171. The molecule has 1 unspecified atom stereocenters. The fraction of sp³-hybridized carbons (Fsp3) is 0.400. The number of likely N-dealkylation sites (N-methyl/N-ethyl adjacent to an activating group) is 1. The van der Waals surface area contributed by atoms with Crippen molar-refractivity contribution in [1.29, 1.82) is 0 Å². The van der Waals surface area contributed by atoms with Crippen LogP contribution in [-0.2, 0) is 10.0 Å². The molecule has 1 atom stereocenters. The summed E-state index contributed by atoms with van der Waals surface area (Å²) in [7, 11) is -2.52. The van der Waals surface area contributed by atoms with E-state index < -0.39 is 16.1 Å². The number of benzene rings is 1. The number of hydrogen-bond donors (Lipinski definition) is 2. The number of anilines is 1. The molecule has 0 heterocycles. The van der Waals surface area contributed by atoms with Crippen LogP contribution in [0.5, 0.6) is 0 Å². The van der Waals surface area contributed by atoms with E-state index in [0.717, 1.165) is 4.31 Å². The first-order valence-corrected chi connectivity index (χ1v) is 7.24. The molecular formula is C10H14Cl2N2O3S. The van der Waals surface area contributed by atoms with Crippen LogP contribution in [0.1, 0.15) is 6.92 Å². The molecule has 102 valence electrons. The number of halogens is 2. The van der Waals surface area contributed by atoms with E-state index in [4.69, 9.17) is 28.9 Å². The molecule has 1 rings (SSSR count). The fourth-order valence-electron chi connectivity index (χ4n) is 1.45. The Kier molecular flexibility index (Phi) is 4.85. The summed E-state index contributed by atoms with van der Waals surface area (Å²) in [5, 5.41) is 9.14. The van der Waals surface area contributed by atoms with Crippen molar-refractivity contribution in [1.82, 2.24) is 4.31 Å². The van der Waals surface area contributed by atoms with E-state index in [-0.39, 0.29) is 27.2 Å². The van der Waals surface area contributed by atoms with Gasteiger partial charge in [0.2, 0.25) is 10.0 Å². The first kappa shape index (κ1) is 15.5. The Labute approximate surface area is 116 Å². The first-order chi connectivity index (χ1) is 8.16. The zero-order valence-electron chi connectivity index (χ0n) is 9.89. The van der Waals surface area contributed by atoms with Crippen LogP contribution in [0.2, 0.25) is 10.0 Å².